The molecule has 0 aliphatic rings. The average molecular weight is 456 g/mol. The lowest BCUT2D eigenvalue weighted by Crippen LogP contribution is -1.97. The fourth-order valence-electron chi connectivity index (χ4n) is 3.90. The van der Waals surface area contributed by atoms with Crippen LogP contribution in [0.3, 0.4) is 0 Å². The van der Waals surface area contributed by atoms with Gasteiger partial charge in [-0.25, -0.2) is 4.98 Å². The van der Waals surface area contributed by atoms with Gasteiger partial charge in [0.15, 0.2) is 5.82 Å². The number of H-pyrrole nitrogens is 1. The summed E-state index contributed by atoms with van der Waals surface area (Å²) in [6, 6.07) is 21.0. The Labute approximate surface area is 194 Å². The number of fused-ring (bicyclic) bond motifs is 1. The molecule has 0 spiro atoms. The number of benzene rings is 3. The second-order valence-corrected chi connectivity index (χ2v) is 8.75. The van der Waals surface area contributed by atoms with Crippen molar-refractivity contribution in [3.05, 3.63) is 72.6 Å². The van der Waals surface area contributed by atoms with Crippen LogP contribution in [0.2, 0.25) is 0 Å². The van der Waals surface area contributed by atoms with Gasteiger partial charge in [-0.15, -0.1) is 5.10 Å². The van der Waals surface area contributed by atoms with Crippen molar-refractivity contribution in [2.24, 2.45) is 7.05 Å². The Kier molecular flexibility index (Phi) is 5.43. The van der Waals surface area contributed by atoms with E-state index in [9.17, 15) is 4.79 Å². The van der Waals surface area contributed by atoms with Gasteiger partial charge < -0.3 is 5.11 Å². The van der Waals surface area contributed by atoms with E-state index in [1.807, 2.05) is 37.0 Å². The molecule has 0 aliphatic carbocycles. The number of aromatic amines is 1. The van der Waals surface area contributed by atoms with Gasteiger partial charge in [-0.05, 0) is 58.7 Å². The van der Waals surface area contributed by atoms with E-state index in [2.05, 4.69) is 68.8 Å². The Morgan fingerprint density at radius 1 is 1.00 bits per heavy atom. The monoisotopic (exact) mass is 455 g/mol. The first kappa shape index (κ1) is 21.0. The molecule has 0 saturated carbocycles. The first-order valence-corrected chi connectivity index (χ1v) is 11.4. The van der Waals surface area contributed by atoms with E-state index < -0.39 is 5.97 Å². The predicted octanol–water partition coefficient (Wildman–Crippen LogP) is 5.18. The number of aliphatic carboxylic acids is 1. The third kappa shape index (κ3) is 4.38. The third-order valence-corrected chi connectivity index (χ3v) is 6.24. The molecular formula is C25H21N5O2S. The molecule has 33 heavy (non-hydrogen) atoms. The number of aromatic nitrogens is 5. The fourth-order valence-corrected chi connectivity index (χ4v) is 4.42. The van der Waals surface area contributed by atoms with Crippen LogP contribution in [0.5, 0.6) is 0 Å². The molecule has 0 saturated heterocycles. The number of aryl methyl sites for hydroxylation is 2. The summed E-state index contributed by atoms with van der Waals surface area (Å²) in [7, 11) is 1.91. The summed E-state index contributed by atoms with van der Waals surface area (Å²) in [5.41, 5.74) is 6.02. The van der Waals surface area contributed by atoms with Crippen LogP contribution in [0.1, 0.15) is 5.69 Å². The van der Waals surface area contributed by atoms with E-state index in [0.717, 1.165) is 45.3 Å². The molecular weight excluding hydrogens is 434 g/mol. The minimum absolute atomic E-state index is 0.0887. The van der Waals surface area contributed by atoms with Crippen molar-refractivity contribution in [3.8, 4) is 33.6 Å². The number of rotatable bonds is 6. The summed E-state index contributed by atoms with van der Waals surface area (Å²) in [4.78, 5) is 15.4. The maximum Gasteiger partial charge on any atom is 0.313 e. The molecule has 5 rings (SSSR count). The van der Waals surface area contributed by atoms with E-state index in [1.165, 1.54) is 10.8 Å². The van der Waals surface area contributed by atoms with Gasteiger partial charge in [-0.2, -0.15) is 5.10 Å². The number of hydrogen-bond donors (Lipinski definition) is 2. The molecule has 0 amide bonds. The second-order valence-electron chi connectivity index (χ2n) is 7.81. The van der Waals surface area contributed by atoms with Crippen LogP contribution >= 0.6 is 11.8 Å². The average Bonchev–Trinajstić information content (AvgIpc) is 3.43. The van der Waals surface area contributed by atoms with Gasteiger partial charge in [0.2, 0.25) is 5.16 Å². The highest BCUT2D eigenvalue weighted by atomic mass is 32.2. The van der Waals surface area contributed by atoms with E-state index in [4.69, 9.17) is 5.11 Å². The van der Waals surface area contributed by atoms with Crippen LogP contribution in [0.4, 0.5) is 0 Å². The van der Waals surface area contributed by atoms with E-state index in [-0.39, 0.29) is 5.75 Å². The first-order valence-electron chi connectivity index (χ1n) is 10.4. The van der Waals surface area contributed by atoms with Crippen molar-refractivity contribution in [2.45, 2.75) is 12.1 Å². The predicted molar refractivity (Wildman–Crippen MR) is 130 cm³/mol. The van der Waals surface area contributed by atoms with Crippen LogP contribution < -0.4 is 0 Å². The van der Waals surface area contributed by atoms with Crippen molar-refractivity contribution in [3.63, 3.8) is 0 Å². The molecule has 2 heterocycles. The standard InChI is InChI=1S/C25H21N5O2S/c1-15-22(13-30(2)29-15)20-10-19(18-8-7-16-5-3-4-6-17(16)9-18)11-21(12-20)24-26-25(28-27-24)33-14-23(31)32/h3-13H,14H2,1-2H3,(H,31,32)(H,26,27,28). The molecule has 5 aromatic rings. The van der Waals surface area contributed by atoms with Gasteiger partial charge in [0.05, 0.1) is 11.4 Å². The van der Waals surface area contributed by atoms with Gasteiger partial charge in [0.1, 0.15) is 0 Å². The van der Waals surface area contributed by atoms with Crippen molar-refractivity contribution in [1.82, 2.24) is 25.0 Å². The highest BCUT2D eigenvalue weighted by Gasteiger charge is 2.14. The summed E-state index contributed by atoms with van der Waals surface area (Å²) in [6.07, 6.45) is 2.01. The van der Waals surface area contributed by atoms with Gasteiger partial charge in [-0.1, -0.05) is 48.2 Å². The number of nitrogens with one attached hydrogen (secondary N) is 1. The Bertz CT molecular complexity index is 1490. The summed E-state index contributed by atoms with van der Waals surface area (Å²) in [5.74, 6) is -0.401. The van der Waals surface area contributed by atoms with Gasteiger partial charge >= 0.3 is 5.97 Å². The van der Waals surface area contributed by atoms with Crippen LogP contribution in [0.15, 0.2) is 72.0 Å². The molecule has 3 aromatic carbocycles. The molecule has 0 fully saturated rings. The molecule has 0 atom stereocenters. The van der Waals surface area contributed by atoms with Crippen LogP contribution in [0, 0.1) is 6.92 Å². The number of thioether (sulfide) groups is 1. The van der Waals surface area contributed by atoms with Crippen LogP contribution in [-0.2, 0) is 11.8 Å². The Balaban J connectivity index is 1.63. The van der Waals surface area contributed by atoms with E-state index in [1.54, 1.807) is 0 Å². The maximum absolute atomic E-state index is 10.9. The third-order valence-electron chi connectivity index (χ3n) is 5.40. The van der Waals surface area contributed by atoms with Gasteiger partial charge in [-0.3, -0.25) is 14.6 Å². The first-order chi connectivity index (χ1) is 16.0. The Morgan fingerprint density at radius 2 is 1.76 bits per heavy atom. The second kappa shape index (κ2) is 8.55. The number of carboxylic acid groups (broad SMARTS) is 1. The number of carbonyl (C=O) groups is 1. The zero-order valence-corrected chi connectivity index (χ0v) is 18.9. The SMILES string of the molecule is Cc1nn(C)cc1-c1cc(-c2ccc3ccccc3c2)cc(-c2nc(SCC(=O)O)n[nH]2)c1. The lowest BCUT2D eigenvalue weighted by Gasteiger charge is -2.10. The Morgan fingerprint density at radius 3 is 2.52 bits per heavy atom. The van der Waals surface area contributed by atoms with Gasteiger partial charge in [0, 0.05) is 24.4 Å². The molecule has 0 unspecified atom stereocenters. The molecule has 0 radical (unpaired) electrons. The summed E-state index contributed by atoms with van der Waals surface area (Å²) in [6.45, 7) is 1.99. The molecule has 2 N–H and O–H groups in total. The minimum Gasteiger partial charge on any atom is -0.481 e. The summed E-state index contributed by atoms with van der Waals surface area (Å²) >= 11 is 1.09. The molecule has 2 aromatic heterocycles. The summed E-state index contributed by atoms with van der Waals surface area (Å²) < 4.78 is 1.81. The highest BCUT2D eigenvalue weighted by Crippen LogP contribution is 2.34. The quantitative estimate of drug-likeness (QED) is 0.343. The molecule has 8 heteroatoms. The van der Waals surface area contributed by atoms with Crippen molar-refractivity contribution < 1.29 is 9.90 Å². The Hall–Kier alpha value is -3.91. The topological polar surface area (TPSA) is 96.7 Å². The number of carboxylic acids is 1. The largest absolute Gasteiger partial charge is 0.481 e. The molecule has 7 nitrogen and oxygen atoms in total. The minimum atomic E-state index is -0.904. The molecule has 0 bridgehead atoms. The van der Waals surface area contributed by atoms with E-state index in [0.29, 0.717) is 11.0 Å². The number of hydrogen-bond acceptors (Lipinski definition) is 5. The molecule has 164 valence electrons. The zero-order chi connectivity index (χ0) is 22.9. The highest BCUT2D eigenvalue weighted by molar-refractivity contribution is 7.99. The summed E-state index contributed by atoms with van der Waals surface area (Å²) in [5, 5.41) is 23.3. The lowest BCUT2D eigenvalue weighted by molar-refractivity contribution is -0.133. The lowest BCUT2D eigenvalue weighted by atomic mass is 9.95. The smallest absolute Gasteiger partial charge is 0.313 e. The maximum atomic E-state index is 10.9. The molecule has 0 aliphatic heterocycles. The van der Waals surface area contributed by atoms with Crippen LogP contribution in [0.25, 0.3) is 44.4 Å². The van der Waals surface area contributed by atoms with Crippen molar-refractivity contribution in [2.75, 3.05) is 5.75 Å². The van der Waals surface area contributed by atoms with Gasteiger partial charge in [0.25, 0.3) is 0 Å². The fraction of sp³-hybridized carbons (Fsp3) is 0.120. The van der Waals surface area contributed by atoms with Crippen molar-refractivity contribution >= 4 is 28.5 Å². The van der Waals surface area contributed by atoms with Crippen LogP contribution in [-0.4, -0.2) is 41.8 Å². The van der Waals surface area contributed by atoms with E-state index >= 15 is 0 Å². The zero-order valence-electron chi connectivity index (χ0n) is 18.1. The normalized spacial score (nSPS) is 11.2. The number of nitrogens with zero attached hydrogens (tertiary/aromatic N) is 4. The van der Waals surface area contributed by atoms with Crippen molar-refractivity contribution in [1.29, 1.82) is 0 Å².